The minimum absolute atomic E-state index is 0.0162. The van der Waals surface area contributed by atoms with Gasteiger partial charge in [0, 0.05) is 13.5 Å². The van der Waals surface area contributed by atoms with Crippen molar-refractivity contribution in [1.29, 1.82) is 0 Å². The van der Waals surface area contributed by atoms with Gasteiger partial charge in [-0.25, -0.2) is 4.79 Å². The number of nitrogens with zero attached hydrogens (tertiary/aromatic N) is 1. The predicted octanol–water partition coefficient (Wildman–Crippen LogP) is 5.36. The second-order valence-corrected chi connectivity index (χ2v) is 11.9. The molecule has 0 saturated carbocycles. The highest BCUT2D eigenvalue weighted by atomic mass is 32.2. The standard InChI is InChI=1S/C26H32F3NO6S/c1-18-6-12-22(13-7-18)37(32,33)36-21-15-25(17-34-5,30(16-21)23(31)35-24(2,3)4)14-19-8-10-20(11-9-19)26(27,28)29/h6-13,21H,14-17H2,1-5H3/t21-,25-/m1/s1. The van der Waals surface area contributed by atoms with Crippen molar-refractivity contribution in [3.63, 3.8) is 0 Å². The number of alkyl halides is 3. The van der Waals surface area contributed by atoms with Gasteiger partial charge in [0.15, 0.2) is 0 Å². The number of amides is 1. The smallest absolute Gasteiger partial charge is 0.416 e. The number of carbonyl (C=O) groups is 1. The molecule has 0 aromatic heterocycles. The normalized spacial score (nSPS) is 20.8. The van der Waals surface area contributed by atoms with Crippen LogP contribution < -0.4 is 0 Å². The van der Waals surface area contributed by atoms with E-state index >= 15 is 0 Å². The summed E-state index contributed by atoms with van der Waals surface area (Å²) < 4.78 is 81.7. The Labute approximate surface area is 215 Å². The average Bonchev–Trinajstić information content (AvgIpc) is 3.09. The molecule has 0 bridgehead atoms. The van der Waals surface area contributed by atoms with Crippen LogP contribution in [0.3, 0.4) is 0 Å². The zero-order valence-electron chi connectivity index (χ0n) is 21.5. The van der Waals surface area contributed by atoms with Crippen LogP contribution in [0.25, 0.3) is 0 Å². The number of carbonyl (C=O) groups excluding carboxylic acids is 1. The highest BCUT2D eigenvalue weighted by molar-refractivity contribution is 7.86. The molecule has 11 heteroatoms. The Morgan fingerprint density at radius 2 is 1.65 bits per heavy atom. The van der Waals surface area contributed by atoms with Crippen LogP contribution in [-0.4, -0.2) is 56.9 Å². The number of rotatable bonds is 7. The second-order valence-electron chi connectivity index (χ2n) is 10.3. The maximum absolute atomic E-state index is 13.2. The van der Waals surface area contributed by atoms with Gasteiger partial charge in [-0.1, -0.05) is 29.8 Å². The SMILES string of the molecule is COC[C@@]1(Cc2ccc(C(F)(F)F)cc2)C[C@@H](OS(=O)(=O)c2ccc(C)cc2)CN1C(=O)OC(C)(C)C. The van der Waals surface area contributed by atoms with Crippen LogP contribution in [0.2, 0.25) is 0 Å². The Morgan fingerprint density at radius 1 is 1.05 bits per heavy atom. The first kappa shape index (κ1) is 28.9. The van der Waals surface area contributed by atoms with Gasteiger partial charge in [-0.2, -0.15) is 21.6 Å². The van der Waals surface area contributed by atoms with Crippen LogP contribution >= 0.6 is 0 Å². The van der Waals surface area contributed by atoms with Gasteiger partial charge in [0.1, 0.15) is 5.60 Å². The average molecular weight is 544 g/mol. The third-order valence-electron chi connectivity index (χ3n) is 5.98. The molecule has 0 unspecified atom stereocenters. The van der Waals surface area contributed by atoms with Crippen molar-refractivity contribution in [2.45, 2.75) is 68.9 Å². The van der Waals surface area contributed by atoms with Crippen molar-refractivity contribution in [2.75, 3.05) is 20.3 Å². The molecule has 2 atom stereocenters. The highest BCUT2D eigenvalue weighted by Crippen LogP contribution is 2.38. The van der Waals surface area contributed by atoms with E-state index in [-0.39, 0.29) is 30.9 Å². The fourth-order valence-corrected chi connectivity index (χ4v) is 5.47. The molecule has 204 valence electrons. The van der Waals surface area contributed by atoms with Gasteiger partial charge in [0.05, 0.1) is 35.3 Å². The maximum Gasteiger partial charge on any atom is 0.416 e. The summed E-state index contributed by atoms with van der Waals surface area (Å²) in [5, 5.41) is 0. The van der Waals surface area contributed by atoms with Crippen LogP contribution in [0.1, 0.15) is 43.9 Å². The topological polar surface area (TPSA) is 82.1 Å². The molecule has 37 heavy (non-hydrogen) atoms. The van der Waals surface area contributed by atoms with Gasteiger partial charge < -0.3 is 9.47 Å². The van der Waals surface area contributed by atoms with E-state index in [4.69, 9.17) is 13.7 Å². The zero-order valence-corrected chi connectivity index (χ0v) is 22.3. The Balaban J connectivity index is 1.95. The largest absolute Gasteiger partial charge is 0.444 e. The lowest BCUT2D eigenvalue weighted by molar-refractivity contribution is -0.137. The summed E-state index contributed by atoms with van der Waals surface area (Å²) in [5.74, 6) is 0. The minimum Gasteiger partial charge on any atom is -0.444 e. The molecule has 1 aliphatic heterocycles. The summed E-state index contributed by atoms with van der Waals surface area (Å²) in [7, 11) is -2.72. The van der Waals surface area contributed by atoms with Crippen molar-refractivity contribution < 1.29 is 40.0 Å². The van der Waals surface area contributed by atoms with E-state index in [0.717, 1.165) is 17.7 Å². The molecule has 0 radical (unpaired) electrons. The zero-order chi connectivity index (χ0) is 27.6. The molecule has 0 spiro atoms. The lowest BCUT2D eigenvalue weighted by atomic mass is 9.88. The van der Waals surface area contributed by atoms with Crippen LogP contribution in [0.15, 0.2) is 53.4 Å². The Kier molecular flexibility index (Phi) is 8.31. The van der Waals surface area contributed by atoms with Crippen molar-refractivity contribution >= 4 is 16.2 Å². The van der Waals surface area contributed by atoms with E-state index in [2.05, 4.69) is 0 Å². The molecule has 1 saturated heterocycles. The first-order chi connectivity index (χ1) is 17.0. The molecule has 1 fully saturated rings. The fourth-order valence-electron chi connectivity index (χ4n) is 4.40. The number of likely N-dealkylation sites (tertiary alicyclic amines) is 1. The number of benzene rings is 2. The van der Waals surface area contributed by atoms with E-state index in [1.165, 1.54) is 36.3 Å². The number of aryl methyl sites for hydroxylation is 1. The van der Waals surface area contributed by atoms with Gasteiger partial charge in [0.25, 0.3) is 10.1 Å². The predicted molar refractivity (Wildman–Crippen MR) is 131 cm³/mol. The summed E-state index contributed by atoms with van der Waals surface area (Å²) in [6, 6.07) is 10.8. The fraction of sp³-hybridized carbons (Fsp3) is 0.500. The Bertz CT molecular complexity index is 1190. The lowest BCUT2D eigenvalue weighted by Crippen LogP contribution is -2.53. The van der Waals surface area contributed by atoms with Gasteiger partial charge in [-0.3, -0.25) is 9.08 Å². The minimum atomic E-state index is -4.48. The van der Waals surface area contributed by atoms with Crippen LogP contribution in [0, 0.1) is 6.92 Å². The molecule has 2 aromatic carbocycles. The maximum atomic E-state index is 13.2. The van der Waals surface area contributed by atoms with E-state index in [9.17, 15) is 26.4 Å². The van der Waals surface area contributed by atoms with Crippen LogP contribution in [0.4, 0.5) is 18.0 Å². The number of hydrogen-bond donors (Lipinski definition) is 0. The van der Waals surface area contributed by atoms with Gasteiger partial charge in [-0.05, 0) is 63.9 Å². The molecule has 1 heterocycles. The summed E-state index contributed by atoms with van der Waals surface area (Å²) in [5.41, 5.74) is -1.35. The molecule has 0 N–H and O–H groups in total. The van der Waals surface area contributed by atoms with E-state index in [1.54, 1.807) is 32.9 Å². The van der Waals surface area contributed by atoms with Crippen molar-refractivity contribution in [3.8, 4) is 0 Å². The van der Waals surface area contributed by atoms with Crippen molar-refractivity contribution in [2.24, 2.45) is 0 Å². The summed E-state index contributed by atoms with van der Waals surface area (Å²) in [6.07, 6.45) is -5.95. The third-order valence-corrected chi connectivity index (χ3v) is 7.36. The highest BCUT2D eigenvalue weighted by Gasteiger charge is 2.51. The summed E-state index contributed by atoms with van der Waals surface area (Å²) >= 11 is 0. The molecule has 1 aliphatic rings. The monoisotopic (exact) mass is 543 g/mol. The molecular formula is C26H32F3NO6S. The van der Waals surface area contributed by atoms with Gasteiger partial charge >= 0.3 is 12.3 Å². The Hall–Kier alpha value is -2.63. The van der Waals surface area contributed by atoms with Crippen molar-refractivity contribution in [3.05, 3.63) is 65.2 Å². The van der Waals surface area contributed by atoms with Crippen molar-refractivity contribution in [1.82, 2.24) is 4.90 Å². The molecule has 2 aromatic rings. The van der Waals surface area contributed by atoms with Gasteiger partial charge in [0.2, 0.25) is 0 Å². The first-order valence-electron chi connectivity index (χ1n) is 11.7. The lowest BCUT2D eigenvalue weighted by Gasteiger charge is -2.38. The number of methoxy groups -OCH3 is 1. The Morgan fingerprint density at radius 3 is 2.16 bits per heavy atom. The summed E-state index contributed by atoms with van der Waals surface area (Å²) in [6.45, 7) is 6.80. The molecule has 0 aliphatic carbocycles. The van der Waals surface area contributed by atoms with Crippen LogP contribution in [-0.2, 0) is 36.4 Å². The molecular weight excluding hydrogens is 511 g/mol. The molecule has 1 amide bonds. The first-order valence-corrected chi connectivity index (χ1v) is 13.1. The molecule has 3 rings (SSSR count). The van der Waals surface area contributed by atoms with E-state index < -0.39 is 45.2 Å². The van der Waals surface area contributed by atoms with E-state index in [0.29, 0.717) is 5.56 Å². The van der Waals surface area contributed by atoms with Gasteiger partial charge in [-0.15, -0.1) is 0 Å². The number of hydrogen-bond acceptors (Lipinski definition) is 6. The second kappa shape index (κ2) is 10.6. The number of ether oxygens (including phenoxy) is 2. The number of halogens is 3. The quantitative estimate of drug-likeness (QED) is 0.438. The van der Waals surface area contributed by atoms with E-state index in [1.807, 2.05) is 6.92 Å². The molecule has 7 nitrogen and oxygen atoms in total. The summed E-state index contributed by atoms with van der Waals surface area (Å²) in [4.78, 5) is 14.6. The third kappa shape index (κ3) is 7.24. The van der Waals surface area contributed by atoms with Crippen LogP contribution in [0.5, 0.6) is 0 Å².